The molecule has 0 atom stereocenters. The van der Waals surface area contributed by atoms with Gasteiger partial charge in [0.15, 0.2) is 11.7 Å². The number of amides is 2. The van der Waals surface area contributed by atoms with Gasteiger partial charge in [-0.15, -0.1) is 11.3 Å². The molecule has 0 saturated carbocycles. The average molecular weight is 655 g/mol. The highest BCUT2D eigenvalue weighted by Gasteiger charge is 2.10. The van der Waals surface area contributed by atoms with Gasteiger partial charge in [-0.25, -0.2) is 10.4 Å². The number of hydrazone groups is 1. The fourth-order valence-electron chi connectivity index (χ4n) is 4.05. The Hall–Kier alpha value is -4.80. The summed E-state index contributed by atoms with van der Waals surface area (Å²) in [5, 5.41) is 13.0. The van der Waals surface area contributed by atoms with E-state index in [0.717, 1.165) is 44.5 Å². The number of aryl methyl sites for hydroxylation is 2. The van der Waals surface area contributed by atoms with Gasteiger partial charge in [0.1, 0.15) is 5.75 Å². The van der Waals surface area contributed by atoms with Gasteiger partial charge < -0.3 is 15.4 Å². The van der Waals surface area contributed by atoms with E-state index >= 15 is 0 Å². The minimum Gasteiger partial charge on any atom is -0.483 e. The molecule has 4 aromatic carbocycles. The fraction of sp³-hybridized carbons (Fsp3) is 0.0909. The summed E-state index contributed by atoms with van der Waals surface area (Å²) >= 11 is 4.99. The van der Waals surface area contributed by atoms with E-state index in [2.05, 4.69) is 42.1 Å². The highest BCUT2D eigenvalue weighted by molar-refractivity contribution is 9.10. The molecule has 0 aliphatic carbocycles. The molecule has 216 valence electrons. The van der Waals surface area contributed by atoms with Gasteiger partial charge in [-0.2, -0.15) is 5.10 Å². The van der Waals surface area contributed by atoms with E-state index in [9.17, 15) is 9.59 Å². The van der Waals surface area contributed by atoms with Gasteiger partial charge >= 0.3 is 0 Å². The molecule has 5 rings (SSSR count). The van der Waals surface area contributed by atoms with Crippen LogP contribution in [0.4, 0.5) is 16.5 Å². The van der Waals surface area contributed by atoms with Crippen LogP contribution in [0.25, 0.3) is 11.3 Å². The van der Waals surface area contributed by atoms with Gasteiger partial charge in [-0.1, -0.05) is 42.5 Å². The summed E-state index contributed by atoms with van der Waals surface area (Å²) in [6, 6.07) is 28.2. The normalized spacial score (nSPS) is 10.9. The molecule has 43 heavy (non-hydrogen) atoms. The van der Waals surface area contributed by atoms with Crippen molar-refractivity contribution < 1.29 is 14.3 Å². The summed E-state index contributed by atoms with van der Waals surface area (Å²) in [7, 11) is 0. The van der Waals surface area contributed by atoms with Crippen LogP contribution in [-0.4, -0.2) is 29.6 Å². The topological polar surface area (TPSA) is 105 Å². The lowest BCUT2D eigenvalue weighted by Gasteiger charge is -2.11. The molecule has 1 aromatic heterocycles. The molecule has 0 aliphatic heterocycles. The Labute approximate surface area is 262 Å². The van der Waals surface area contributed by atoms with Crippen molar-refractivity contribution in [3.8, 4) is 17.0 Å². The van der Waals surface area contributed by atoms with E-state index in [0.29, 0.717) is 15.8 Å². The molecule has 0 saturated heterocycles. The van der Waals surface area contributed by atoms with Gasteiger partial charge in [0, 0.05) is 27.9 Å². The summed E-state index contributed by atoms with van der Waals surface area (Å²) in [5.41, 5.74) is 9.28. The number of aromatic nitrogens is 1. The van der Waals surface area contributed by atoms with Crippen molar-refractivity contribution in [1.82, 2.24) is 10.4 Å². The Morgan fingerprint density at radius 2 is 1.77 bits per heavy atom. The highest BCUT2D eigenvalue weighted by Crippen LogP contribution is 2.28. The second-order valence-corrected chi connectivity index (χ2v) is 11.4. The minimum atomic E-state index is -0.332. The summed E-state index contributed by atoms with van der Waals surface area (Å²) in [6.45, 7) is 3.78. The summed E-state index contributed by atoms with van der Waals surface area (Å²) < 4.78 is 6.34. The van der Waals surface area contributed by atoms with Crippen LogP contribution in [0.2, 0.25) is 0 Å². The van der Waals surface area contributed by atoms with E-state index in [1.165, 1.54) is 17.6 Å². The van der Waals surface area contributed by atoms with E-state index in [1.807, 2.05) is 79.9 Å². The van der Waals surface area contributed by atoms with Crippen LogP contribution in [-0.2, 0) is 4.79 Å². The number of hydrogen-bond acceptors (Lipinski definition) is 7. The number of thiazole rings is 1. The Kier molecular flexibility index (Phi) is 9.60. The Morgan fingerprint density at radius 1 is 0.977 bits per heavy atom. The number of ether oxygens (including phenoxy) is 1. The number of nitrogens with one attached hydrogen (secondary N) is 3. The maximum absolute atomic E-state index is 12.6. The van der Waals surface area contributed by atoms with Crippen molar-refractivity contribution in [2.75, 3.05) is 17.2 Å². The summed E-state index contributed by atoms with van der Waals surface area (Å²) in [6.07, 6.45) is 1.53. The average Bonchev–Trinajstić information content (AvgIpc) is 3.47. The largest absolute Gasteiger partial charge is 0.483 e. The molecule has 1 heterocycles. The summed E-state index contributed by atoms with van der Waals surface area (Å²) in [4.78, 5) is 29.6. The van der Waals surface area contributed by atoms with Gasteiger partial charge in [-0.3, -0.25) is 9.59 Å². The molecule has 2 amide bonds. The zero-order chi connectivity index (χ0) is 30.2. The molecule has 10 heteroatoms. The summed E-state index contributed by atoms with van der Waals surface area (Å²) in [5.74, 6) is -0.0692. The quantitative estimate of drug-likeness (QED) is 0.106. The minimum absolute atomic E-state index is 0.136. The van der Waals surface area contributed by atoms with Crippen molar-refractivity contribution in [1.29, 1.82) is 0 Å². The number of benzene rings is 4. The molecular formula is C33H28BrN5O3S. The van der Waals surface area contributed by atoms with Crippen molar-refractivity contribution in [3.63, 3.8) is 0 Å². The monoisotopic (exact) mass is 653 g/mol. The third-order valence-corrected chi connectivity index (χ3v) is 7.71. The molecule has 0 spiro atoms. The van der Waals surface area contributed by atoms with Crippen molar-refractivity contribution >= 4 is 61.8 Å². The number of carbonyl (C=O) groups excluding carboxylic acids is 2. The second kappa shape index (κ2) is 13.9. The molecule has 0 fully saturated rings. The number of anilines is 3. The van der Waals surface area contributed by atoms with Crippen LogP contribution in [0, 0.1) is 13.8 Å². The lowest BCUT2D eigenvalue weighted by atomic mass is 10.1. The number of carbonyl (C=O) groups is 2. The zero-order valence-electron chi connectivity index (χ0n) is 23.4. The van der Waals surface area contributed by atoms with Crippen LogP contribution >= 0.6 is 27.3 Å². The second-order valence-electron chi connectivity index (χ2n) is 9.65. The predicted molar refractivity (Wildman–Crippen MR) is 177 cm³/mol. The standard InChI is InChI=1S/C33H28BrN5O3S/c1-21-8-9-22(2)28(16-21)37-31(40)19-42-30-15-10-23(17-27(30)34)18-35-39-32(41)25-13-11-24(12-14-25)29-20-43-33(38-29)36-26-6-4-3-5-7-26/h3-18,20H,19H2,1-2H3,(H,36,38)(H,37,40)(H,39,41)/b35-18+. The zero-order valence-corrected chi connectivity index (χ0v) is 25.8. The molecular weight excluding hydrogens is 626 g/mol. The molecule has 8 nitrogen and oxygen atoms in total. The maximum atomic E-state index is 12.6. The fourth-order valence-corrected chi connectivity index (χ4v) is 5.30. The predicted octanol–water partition coefficient (Wildman–Crippen LogP) is 7.71. The number of halogens is 1. The number of hydrogen-bond donors (Lipinski definition) is 3. The van der Waals surface area contributed by atoms with Crippen LogP contribution in [0.1, 0.15) is 27.0 Å². The van der Waals surface area contributed by atoms with Gasteiger partial charge in [-0.05, 0) is 95.0 Å². The first kappa shape index (κ1) is 29.7. The first-order chi connectivity index (χ1) is 20.8. The molecule has 5 aromatic rings. The SMILES string of the molecule is Cc1ccc(C)c(NC(=O)COc2ccc(/C=N/NC(=O)c3ccc(-c4csc(Nc5ccccc5)n4)cc3)cc2Br)c1. The van der Waals surface area contributed by atoms with Crippen LogP contribution in [0.3, 0.4) is 0 Å². The van der Waals surface area contributed by atoms with Crippen molar-refractivity contribution in [2.24, 2.45) is 5.10 Å². The Morgan fingerprint density at radius 3 is 2.53 bits per heavy atom. The molecule has 0 aliphatic rings. The Balaban J connectivity index is 1.11. The molecule has 3 N–H and O–H groups in total. The van der Waals surface area contributed by atoms with Crippen LogP contribution in [0.5, 0.6) is 5.75 Å². The molecule has 0 unspecified atom stereocenters. The molecule has 0 radical (unpaired) electrons. The van der Waals surface area contributed by atoms with Gasteiger partial charge in [0.2, 0.25) is 0 Å². The smallest absolute Gasteiger partial charge is 0.271 e. The lowest BCUT2D eigenvalue weighted by Crippen LogP contribution is -2.20. The maximum Gasteiger partial charge on any atom is 0.271 e. The van der Waals surface area contributed by atoms with E-state index < -0.39 is 0 Å². The number of para-hydroxylation sites is 1. The third kappa shape index (κ3) is 8.15. The van der Waals surface area contributed by atoms with Crippen molar-refractivity contribution in [3.05, 3.63) is 123 Å². The number of nitrogens with zero attached hydrogens (tertiary/aromatic N) is 2. The molecule has 0 bridgehead atoms. The Bertz CT molecular complexity index is 1770. The van der Waals surface area contributed by atoms with Crippen LogP contribution < -0.4 is 20.8 Å². The van der Waals surface area contributed by atoms with E-state index in [4.69, 9.17) is 4.74 Å². The van der Waals surface area contributed by atoms with E-state index in [-0.39, 0.29) is 18.4 Å². The van der Waals surface area contributed by atoms with Gasteiger partial charge in [0.25, 0.3) is 11.8 Å². The van der Waals surface area contributed by atoms with Gasteiger partial charge in [0.05, 0.1) is 16.4 Å². The highest BCUT2D eigenvalue weighted by atomic mass is 79.9. The van der Waals surface area contributed by atoms with Crippen LogP contribution in [0.15, 0.2) is 106 Å². The van der Waals surface area contributed by atoms with Crippen molar-refractivity contribution in [2.45, 2.75) is 13.8 Å². The first-order valence-electron chi connectivity index (χ1n) is 13.3. The lowest BCUT2D eigenvalue weighted by molar-refractivity contribution is -0.118. The third-order valence-electron chi connectivity index (χ3n) is 6.33. The number of rotatable bonds is 10. The first-order valence-corrected chi connectivity index (χ1v) is 15.0. The van der Waals surface area contributed by atoms with E-state index in [1.54, 1.807) is 30.3 Å².